The molecular weight excluding hydrogens is 332 g/mol. The van der Waals surface area contributed by atoms with Crippen LogP contribution in [0.5, 0.6) is 0 Å². The Morgan fingerprint density at radius 1 is 0.958 bits per heavy atom. The van der Waals surface area contributed by atoms with Crippen molar-refractivity contribution in [2.45, 2.75) is 0 Å². The predicted octanol–water partition coefficient (Wildman–Crippen LogP) is -1.27. The lowest BCUT2D eigenvalue weighted by atomic mass is 10.3. The molecule has 9 nitrogen and oxygen atoms in total. The minimum Gasteiger partial charge on any atom is -0.335 e. The minimum absolute atomic E-state index is 0.209. The van der Waals surface area contributed by atoms with Crippen LogP contribution in [-0.4, -0.2) is 102 Å². The maximum Gasteiger partial charge on any atom is 0.282 e. The summed E-state index contributed by atoms with van der Waals surface area (Å²) < 4.78 is 28.4. The Balaban J connectivity index is 1.59. The van der Waals surface area contributed by atoms with Crippen molar-refractivity contribution in [3.8, 4) is 0 Å². The molecule has 132 valence electrons. The number of rotatable bonds is 3. The van der Waals surface area contributed by atoms with Crippen molar-refractivity contribution in [3.63, 3.8) is 0 Å². The molecule has 0 atom stereocenters. The third kappa shape index (κ3) is 3.56. The molecule has 0 aliphatic carbocycles. The van der Waals surface area contributed by atoms with Crippen molar-refractivity contribution in [3.05, 3.63) is 24.3 Å². The lowest BCUT2D eigenvalue weighted by Gasteiger charge is -2.38. The fraction of sp³-hybridized carbons (Fsp3) is 0.643. The molecule has 0 spiro atoms. The number of amides is 1. The molecule has 0 saturated carbocycles. The molecule has 1 amide bonds. The molecule has 24 heavy (non-hydrogen) atoms. The fourth-order valence-corrected chi connectivity index (χ4v) is 4.45. The van der Waals surface area contributed by atoms with E-state index >= 15 is 0 Å². The lowest BCUT2D eigenvalue weighted by Crippen LogP contribution is -2.57. The van der Waals surface area contributed by atoms with Gasteiger partial charge in [0.1, 0.15) is 5.69 Å². The van der Waals surface area contributed by atoms with Crippen LogP contribution in [0.4, 0.5) is 0 Å². The summed E-state index contributed by atoms with van der Waals surface area (Å²) in [6.45, 7) is 3.84. The first-order chi connectivity index (χ1) is 11.5. The summed E-state index contributed by atoms with van der Waals surface area (Å²) in [7, 11) is -1.46. The zero-order valence-corrected chi connectivity index (χ0v) is 14.5. The monoisotopic (exact) mass is 354 g/mol. The molecule has 2 fully saturated rings. The smallest absolute Gasteiger partial charge is 0.282 e. The van der Waals surface area contributed by atoms with E-state index in [2.05, 4.69) is 14.9 Å². The van der Waals surface area contributed by atoms with Crippen LogP contribution < -0.4 is 0 Å². The molecule has 0 unspecified atom stereocenters. The van der Waals surface area contributed by atoms with Gasteiger partial charge in [-0.15, -0.1) is 0 Å². The van der Waals surface area contributed by atoms with Gasteiger partial charge >= 0.3 is 0 Å². The zero-order chi connectivity index (χ0) is 17.2. The highest BCUT2D eigenvalue weighted by atomic mass is 32.2. The minimum atomic E-state index is -3.45. The SMILES string of the molecule is CN1CCN(S(=O)(=O)N2CCN(C(=O)c3cnccn3)CC2)CC1. The Kier molecular flexibility index (Phi) is 5.09. The summed E-state index contributed by atoms with van der Waals surface area (Å²) in [5.74, 6) is -0.209. The van der Waals surface area contributed by atoms with Crippen LogP contribution in [0.3, 0.4) is 0 Å². The molecule has 0 bridgehead atoms. The van der Waals surface area contributed by atoms with Crippen LogP contribution in [0.15, 0.2) is 18.6 Å². The lowest BCUT2D eigenvalue weighted by molar-refractivity contribution is 0.0686. The van der Waals surface area contributed by atoms with Gasteiger partial charge in [-0.3, -0.25) is 9.78 Å². The van der Waals surface area contributed by atoms with E-state index in [0.29, 0.717) is 39.3 Å². The van der Waals surface area contributed by atoms with E-state index in [-0.39, 0.29) is 11.6 Å². The van der Waals surface area contributed by atoms with Crippen LogP contribution in [0, 0.1) is 0 Å². The number of piperazine rings is 2. The topological polar surface area (TPSA) is 90.0 Å². The van der Waals surface area contributed by atoms with Gasteiger partial charge in [0.05, 0.1) is 6.20 Å². The normalized spacial score (nSPS) is 21.8. The highest BCUT2D eigenvalue weighted by Crippen LogP contribution is 2.15. The second-order valence-electron chi connectivity index (χ2n) is 5.99. The maximum atomic E-state index is 12.7. The van der Waals surface area contributed by atoms with E-state index in [9.17, 15) is 13.2 Å². The molecule has 2 aliphatic heterocycles. The average molecular weight is 354 g/mol. The van der Waals surface area contributed by atoms with Gasteiger partial charge in [0.25, 0.3) is 16.1 Å². The largest absolute Gasteiger partial charge is 0.335 e. The summed E-state index contributed by atoms with van der Waals surface area (Å²) >= 11 is 0. The Labute approximate surface area is 142 Å². The number of nitrogens with zero attached hydrogens (tertiary/aromatic N) is 6. The molecule has 1 aromatic heterocycles. The highest BCUT2D eigenvalue weighted by molar-refractivity contribution is 7.86. The Hall–Kier alpha value is -1.62. The maximum absolute atomic E-state index is 12.7. The molecule has 0 radical (unpaired) electrons. The summed E-state index contributed by atoms with van der Waals surface area (Å²) in [5.41, 5.74) is 0.285. The number of carbonyl (C=O) groups is 1. The first-order valence-corrected chi connectivity index (χ1v) is 9.37. The molecule has 2 saturated heterocycles. The Morgan fingerprint density at radius 3 is 2.08 bits per heavy atom. The third-order valence-corrected chi connectivity index (χ3v) is 6.46. The molecule has 3 rings (SSSR count). The molecule has 2 aliphatic rings. The van der Waals surface area contributed by atoms with Crippen LogP contribution >= 0.6 is 0 Å². The van der Waals surface area contributed by atoms with E-state index in [1.54, 1.807) is 4.90 Å². The van der Waals surface area contributed by atoms with E-state index in [4.69, 9.17) is 0 Å². The molecule has 10 heteroatoms. The van der Waals surface area contributed by atoms with Crippen LogP contribution in [0.1, 0.15) is 10.5 Å². The van der Waals surface area contributed by atoms with Gasteiger partial charge in [-0.2, -0.15) is 17.0 Å². The van der Waals surface area contributed by atoms with Crippen molar-refractivity contribution in [1.29, 1.82) is 0 Å². The fourth-order valence-electron chi connectivity index (χ4n) is 2.88. The molecule has 0 aromatic carbocycles. The van der Waals surface area contributed by atoms with Gasteiger partial charge in [-0.1, -0.05) is 0 Å². The van der Waals surface area contributed by atoms with Crippen molar-refractivity contribution in [1.82, 2.24) is 28.4 Å². The van der Waals surface area contributed by atoms with E-state index in [0.717, 1.165) is 13.1 Å². The molecule has 3 heterocycles. The average Bonchev–Trinajstić information content (AvgIpc) is 2.62. The van der Waals surface area contributed by atoms with Crippen molar-refractivity contribution in [2.75, 3.05) is 59.4 Å². The van der Waals surface area contributed by atoms with Gasteiger partial charge < -0.3 is 9.80 Å². The molecule has 1 aromatic rings. The predicted molar refractivity (Wildman–Crippen MR) is 87.5 cm³/mol. The highest BCUT2D eigenvalue weighted by Gasteiger charge is 2.34. The van der Waals surface area contributed by atoms with Crippen LogP contribution in [0.25, 0.3) is 0 Å². The van der Waals surface area contributed by atoms with Gasteiger partial charge in [0, 0.05) is 64.8 Å². The second-order valence-corrected chi connectivity index (χ2v) is 7.92. The second kappa shape index (κ2) is 7.09. The number of likely N-dealkylation sites (N-methyl/N-ethyl adjacent to an activating group) is 1. The zero-order valence-electron chi connectivity index (χ0n) is 13.7. The summed E-state index contributed by atoms with van der Waals surface area (Å²) in [6.07, 6.45) is 4.41. The van der Waals surface area contributed by atoms with E-state index < -0.39 is 10.2 Å². The summed E-state index contributed by atoms with van der Waals surface area (Å²) in [6, 6.07) is 0. The van der Waals surface area contributed by atoms with Crippen molar-refractivity contribution < 1.29 is 13.2 Å². The van der Waals surface area contributed by atoms with Crippen LogP contribution in [0.2, 0.25) is 0 Å². The molecular formula is C14H22N6O3S. The van der Waals surface area contributed by atoms with E-state index in [1.807, 2.05) is 7.05 Å². The quantitative estimate of drug-likeness (QED) is 0.672. The standard InChI is InChI=1S/C14H22N6O3S/c1-17-4-8-19(9-5-17)24(22,23)20-10-6-18(7-11-20)14(21)13-12-15-2-3-16-13/h2-3,12H,4-11H2,1H3. The number of carbonyl (C=O) groups excluding carboxylic acids is 1. The Bertz CT molecular complexity index is 667. The van der Waals surface area contributed by atoms with Crippen molar-refractivity contribution >= 4 is 16.1 Å². The summed E-state index contributed by atoms with van der Waals surface area (Å²) in [5, 5.41) is 0. The van der Waals surface area contributed by atoms with Gasteiger partial charge in [-0.25, -0.2) is 4.98 Å². The molecule has 0 N–H and O–H groups in total. The number of hydrogen-bond acceptors (Lipinski definition) is 6. The third-order valence-electron chi connectivity index (χ3n) is 4.42. The van der Waals surface area contributed by atoms with E-state index in [1.165, 1.54) is 27.2 Å². The number of hydrogen-bond donors (Lipinski definition) is 0. The van der Waals surface area contributed by atoms with Crippen molar-refractivity contribution in [2.24, 2.45) is 0 Å². The van der Waals surface area contributed by atoms with Gasteiger partial charge in [0.15, 0.2) is 0 Å². The van der Waals surface area contributed by atoms with Gasteiger partial charge in [-0.05, 0) is 7.05 Å². The first kappa shape index (κ1) is 17.2. The van der Waals surface area contributed by atoms with Crippen LogP contribution in [-0.2, 0) is 10.2 Å². The first-order valence-electron chi connectivity index (χ1n) is 7.97. The van der Waals surface area contributed by atoms with Gasteiger partial charge in [0.2, 0.25) is 0 Å². The summed E-state index contributed by atoms with van der Waals surface area (Å²) in [4.78, 5) is 24.0. The number of aromatic nitrogens is 2. The Morgan fingerprint density at radius 2 is 1.54 bits per heavy atom.